The van der Waals surface area contributed by atoms with Crippen molar-refractivity contribution in [3.05, 3.63) is 0 Å². The van der Waals surface area contributed by atoms with Gasteiger partial charge in [0, 0.05) is 30.7 Å². The number of aliphatic hydroxyl groups excluding tert-OH is 1. The first-order valence-electron chi connectivity index (χ1n) is 6.16. The maximum absolute atomic E-state index is 11.6. The van der Waals surface area contributed by atoms with Gasteiger partial charge in [-0.25, -0.2) is 8.42 Å². The molecule has 0 aromatic heterocycles. The van der Waals surface area contributed by atoms with Crippen molar-refractivity contribution >= 4 is 9.84 Å². The summed E-state index contributed by atoms with van der Waals surface area (Å²) in [7, 11) is -2.87. The highest BCUT2D eigenvalue weighted by atomic mass is 32.2. The van der Waals surface area contributed by atoms with E-state index in [2.05, 4.69) is 24.1 Å². The average molecular weight is 262 g/mol. The minimum Gasteiger partial charge on any atom is -0.395 e. The second-order valence-corrected chi connectivity index (χ2v) is 7.97. The number of nitrogens with one attached hydrogen (secondary N) is 1. The van der Waals surface area contributed by atoms with Crippen molar-refractivity contribution in [2.75, 3.05) is 31.2 Å². The van der Waals surface area contributed by atoms with E-state index < -0.39 is 9.84 Å². The molecule has 0 radical (unpaired) electrons. The summed E-state index contributed by atoms with van der Waals surface area (Å²) < 4.78 is 23.2. The second-order valence-electron chi connectivity index (χ2n) is 5.74. The van der Waals surface area contributed by atoms with Crippen LogP contribution in [0.3, 0.4) is 0 Å². The molecule has 0 spiro atoms. The molecule has 2 fully saturated rings. The normalized spacial score (nSPS) is 37.1. The van der Waals surface area contributed by atoms with Gasteiger partial charge in [0.1, 0.15) is 0 Å². The van der Waals surface area contributed by atoms with Crippen LogP contribution in [-0.2, 0) is 9.84 Å². The zero-order valence-corrected chi connectivity index (χ0v) is 11.3. The molecule has 2 heterocycles. The largest absolute Gasteiger partial charge is 0.395 e. The number of aliphatic hydroxyl groups is 1. The van der Waals surface area contributed by atoms with Gasteiger partial charge in [-0.05, 0) is 20.3 Å². The number of nitrogens with zero attached hydrogens (tertiary/aromatic N) is 1. The first kappa shape index (κ1) is 13.3. The first-order chi connectivity index (χ1) is 7.86. The second kappa shape index (κ2) is 4.50. The highest BCUT2D eigenvalue weighted by Gasteiger charge is 2.44. The Labute approximate surface area is 103 Å². The molecule has 2 aliphatic heterocycles. The van der Waals surface area contributed by atoms with Crippen LogP contribution >= 0.6 is 0 Å². The number of piperazine rings is 1. The van der Waals surface area contributed by atoms with Crippen LogP contribution in [0.4, 0.5) is 0 Å². The number of hydrogen-bond donors (Lipinski definition) is 2. The van der Waals surface area contributed by atoms with Crippen LogP contribution in [0.5, 0.6) is 0 Å². The molecule has 2 N–H and O–H groups in total. The summed E-state index contributed by atoms with van der Waals surface area (Å²) in [6, 6.07) is 0.0892. The molecule has 0 saturated carbocycles. The Bertz CT molecular complexity index is 380. The summed E-state index contributed by atoms with van der Waals surface area (Å²) in [4.78, 5) is 2.22. The van der Waals surface area contributed by atoms with Crippen molar-refractivity contribution in [3.8, 4) is 0 Å². The van der Waals surface area contributed by atoms with Crippen molar-refractivity contribution < 1.29 is 13.5 Å². The van der Waals surface area contributed by atoms with Crippen molar-refractivity contribution in [1.82, 2.24) is 10.2 Å². The zero-order chi connectivity index (χ0) is 12.7. The maximum atomic E-state index is 11.6. The molecular weight excluding hydrogens is 240 g/mol. The summed E-state index contributed by atoms with van der Waals surface area (Å²) >= 11 is 0. The van der Waals surface area contributed by atoms with Crippen LogP contribution in [0.25, 0.3) is 0 Å². The van der Waals surface area contributed by atoms with E-state index in [1.807, 2.05) is 0 Å². The van der Waals surface area contributed by atoms with Gasteiger partial charge < -0.3 is 10.4 Å². The van der Waals surface area contributed by atoms with Crippen LogP contribution in [-0.4, -0.2) is 67.2 Å². The smallest absolute Gasteiger partial charge is 0.151 e. The molecule has 100 valence electrons. The van der Waals surface area contributed by atoms with Gasteiger partial charge in [-0.1, -0.05) is 0 Å². The van der Waals surface area contributed by atoms with E-state index in [9.17, 15) is 13.5 Å². The monoisotopic (exact) mass is 262 g/mol. The summed E-state index contributed by atoms with van der Waals surface area (Å²) in [6.07, 6.45) is 0.697. The topological polar surface area (TPSA) is 69.6 Å². The molecule has 5 nitrogen and oxygen atoms in total. The number of sulfone groups is 1. The van der Waals surface area contributed by atoms with E-state index in [-0.39, 0.29) is 35.7 Å². The van der Waals surface area contributed by atoms with Gasteiger partial charge >= 0.3 is 0 Å². The molecule has 2 saturated heterocycles. The molecule has 2 rings (SSSR count). The van der Waals surface area contributed by atoms with E-state index >= 15 is 0 Å². The average Bonchev–Trinajstić information content (AvgIpc) is 2.56. The summed E-state index contributed by atoms with van der Waals surface area (Å²) in [5.41, 5.74) is -0.101. The molecule has 2 atom stereocenters. The Morgan fingerprint density at radius 3 is 2.71 bits per heavy atom. The zero-order valence-electron chi connectivity index (χ0n) is 10.5. The fourth-order valence-electron chi connectivity index (χ4n) is 3.17. The Morgan fingerprint density at radius 2 is 2.18 bits per heavy atom. The van der Waals surface area contributed by atoms with Gasteiger partial charge in [-0.2, -0.15) is 0 Å². The summed E-state index contributed by atoms with van der Waals surface area (Å²) in [5.74, 6) is 0.531. The molecule has 0 bridgehead atoms. The van der Waals surface area contributed by atoms with E-state index in [1.54, 1.807) is 0 Å². The first-order valence-corrected chi connectivity index (χ1v) is 7.98. The van der Waals surface area contributed by atoms with Crippen LogP contribution in [0, 0.1) is 0 Å². The van der Waals surface area contributed by atoms with Gasteiger partial charge in [0.25, 0.3) is 0 Å². The molecular formula is C11H22N2O3S. The van der Waals surface area contributed by atoms with Gasteiger partial charge in [-0.3, -0.25) is 4.90 Å². The van der Waals surface area contributed by atoms with Gasteiger partial charge in [0.15, 0.2) is 9.84 Å². The molecule has 0 aromatic rings. The van der Waals surface area contributed by atoms with E-state index in [0.717, 1.165) is 13.1 Å². The Hall–Kier alpha value is -0.170. The molecule has 0 aliphatic carbocycles. The van der Waals surface area contributed by atoms with Crippen LogP contribution in [0.2, 0.25) is 0 Å². The van der Waals surface area contributed by atoms with Gasteiger partial charge in [-0.15, -0.1) is 0 Å². The van der Waals surface area contributed by atoms with Gasteiger partial charge in [0.05, 0.1) is 18.1 Å². The fraction of sp³-hybridized carbons (Fsp3) is 1.00. The third-order valence-electron chi connectivity index (χ3n) is 3.84. The van der Waals surface area contributed by atoms with Crippen molar-refractivity contribution in [1.29, 1.82) is 0 Å². The molecule has 0 aromatic carbocycles. The standard InChI is InChI=1S/C11H22N2O3S/c1-11(2)8-12-5-10(6-14)13(11)9-3-4-17(15,16)7-9/h9-10,12,14H,3-8H2,1-2H3. The van der Waals surface area contributed by atoms with Crippen molar-refractivity contribution in [2.24, 2.45) is 0 Å². The fourth-order valence-corrected chi connectivity index (χ4v) is 4.88. The quantitative estimate of drug-likeness (QED) is 0.683. The van der Waals surface area contributed by atoms with Crippen LogP contribution in [0.15, 0.2) is 0 Å². The highest BCUT2D eigenvalue weighted by Crippen LogP contribution is 2.29. The summed E-state index contributed by atoms with van der Waals surface area (Å²) in [5, 5.41) is 12.8. The van der Waals surface area contributed by atoms with E-state index in [4.69, 9.17) is 0 Å². The minimum absolute atomic E-state index is 0.0250. The maximum Gasteiger partial charge on any atom is 0.151 e. The summed E-state index contributed by atoms with van der Waals surface area (Å²) in [6.45, 7) is 5.85. The SMILES string of the molecule is CC1(C)CNCC(CO)N1C1CCS(=O)(=O)C1. The molecule has 17 heavy (non-hydrogen) atoms. The highest BCUT2D eigenvalue weighted by molar-refractivity contribution is 7.91. The molecule has 2 aliphatic rings. The number of hydrogen-bond acceptors (Lipinski definition) is 5. The predicted molar refractivity (Wildman–Crippen MR) is 66.7 cm³/mol. The van der Waals surface area contributed by atoms with Crippen molar-refractivity contribution in [3.63, 3.8) is 0 Å². The molecule has 6 heteroatoms. The third-order valence-corrected chi connectivity index (χ3v) is 5.59. The third kappa shape index (κ3) is 2.65. The lowest BCUT2D eigenvalue weighted by molar-refractivity contribution is -0.0175. The van der Waals surface area contributed by atoms with E-state index in [1.165, 1.54) is 0 Å². The molecule has 2 unspecified atom stereocenters. The van der Waals surface area contributed by atoms with Crippen LogP contribution in [0.1, 0.15) is 20.3 Å². The predicted octanol–water partition coefficient (Wildman–Crippen LogP) is -0.782. The molecule has 0 amide bonds. The Kier molecular flexibility index (Phi) is 3.51. The lowest BCUT2D eigenvalue weighted by Crippen LogP contribution is -2.67. The Balaban J connectivity index is 2.20. The van der Waals surface area contributed by atoms with Crippen molar-refractivity contribution in [2.45, 2.75) is 37.9 Å². The van der Waals surface area contributed by atoms with Crippen LogP contribution < -0.4 is 5.32 Å². The lowest BCUT2D eigenvalue weighted by Gasteiger charge is -2.50. The van der Waals surface area contributed by atoms with Gasteiger partial charge in [0.2, 0.25) is 0 Å². The number of rotatable bonds is 2. The lowest BCUT2D eigenvalue weighted by atomic mass is 9.93. The Morgan fingerprint density at radius 1 is 1.47 bits per heavy atom. The van der Waals surface area contributed by atoms with E-state index in [0.29, 0.717) is 6.42 Å². The minimum atomic E-state index is -2.87.